The third-order valence-corrected chi connectivity index (χ3v) is 6.08. The number of amides is 1. The number of thioether (sulfide) groups is 1. The van der Waals surface area contributed by atoms with Gasteiger partial charge in [-0.2, -0.15) is 4.99 Å². The molecule has 0 bridgehead atoms. The molecule has 4 rings (SSSR count). The standard InChI is InChI=1S/C20H19N5OS2/c1-12(2)10-16-23-24-19(28-16)22-20-25(3)18(26)15(27-20)11-14-7-4-6-13-8-5-9-21-17(13)14/h4-9,11-12H,10H2,1-3H3/b15-11-,22-20?. The second-order valence-electron chi connectivity index (χ2n) is 6.87. The van der Waals surface area contributed by atoms with Gasteiger partial charge in [0.25, 0.3) is 5.91 Å². The van der Waals surface area contributed by atoms with E-state index in [0.29, 0.717) is 21.1 Å². The van der Waals surface area contributed by atoms with E-state index in [1.54, 1.807) is 18.1 Å². The lowest BCUT2D eigenvalue weighted by atomic mass is 10.1. The van der Waals surface area contributed by atoms with Gasteiger partial charge in [-0.05, 0) is 29.8 Å². The lowest BCUT2D eigenvalue weighted by Gasteiger charge is -2.05. The van der Waals surface area contributed by atoms with E-state index in [1.165, 1.54) is 23.1 Å². The number of hydrogen-bond acceptors (Lipinski definition) is 7. The normalized spacial score (nSPS) is 17.6. The molecule has 1 amide bonds. The van der Waals surface area contributed by atoms with Crippen LogP contribution < -0.4 is 0 Å². The van der Waals surface area contributed by atoms with Crippen molar-refractivity contribution in [3.05, 3.63) is 52.0 Å². The molecule has 3 heterocycles. The van der Waals surface area contributed by atoms with E-state index in [2.05, 4.69) is 34.0 Å². The van der Waals surface area contributed by atoms with Gasteiger partial charge < -0.3 is 0 Å². The Morgan fingerprint density at radius 2 is 2.04 bits per heavy atom. The van der Waals surface area contributed by atoms with Gasteiger partial charge in [0, 0.05) is 30.6 Å². The highest BCUT2D eigenvalue weighted by atomic mass is 32.2. The van der Waals surface area contributed by atoms with Crippen LogP contribution in [-0.4, -0.2) is 38.2 Å². The summed E-state index contributed by atoms with van der Waals surface area (Å²) in [5.74, 6) is 0.436. The molecule has 3 aromatic rings. The molecule has 1 aliphatic heterocycles. The van der Waals surface area contributed by atoms with Crippen molar-refractivity contribution < 1.29 is 4.79 Å². The largest absolute Gasteiger partial charge is 0.289 e. The van der Waals surface area contributed by atoms with Crippen LogP contribution in [0.3, 0.4) is 0 Å². The number of fused-ring (bicyclic) bond motifs is 1. The Morgan fingerprint density at radius 1 is 1.21 bits per heavy atom. The van der Waals surface area contributed by atoms with E-state index in [-0.39, 0.29) is 5.91 Å². The molecule has 0 saturated carbocycles. The highest BCUT2D eigenvalue weighted by molar-refractivity contribution is 8.18. The van der Waals surface area contributed by atoms with E-state index >= 15 is 0 Å². The molecule has 6 nitrogen and oxygen atoms in total. The molecule has 1 fully saturated rings. The smallest absolute Gasteiger partial charge is 0.266 e. The zero-order valence-electron chi connectivity index (χ0n) is 15.8. The van der Waals surface area contributed by atoms with Crippen molar-refractivity contribution >= 4 is 56.3 Å². The average Bonchev–Trinajstić information content (AvgIpc) is 3.21. The Kier molecular flexibility index (Phi) is 5.23. The first kappa shape index (κ1) is 18.8. The molecular formula is C20H19N5OS2. The molecular weight excluding hydrogens is 390 g/mol. The number of pyridine rings is 1. The SMILES string of the molecule is CC(C)Cc1nnc(N=C2S/C(=C\c3cccc4cccnc34)C(=O)N2C)s1. The van der Waals surface area contributed by atoms with Crippen LogP contribution in [0.1, 0.15) is 24.4 Å². The second-order valence-corrected chi connectivity index (χ2v) is 8.92. The van der Waals surface area contributed by atoms with Crippen LogP contribution in [0.25, 0.3) is 17.0 Å². The van der Waals surface area contributed by atoms with Crippen molar-refractivity contribution in [2.75, 3.05) is 7.05 Å². The summed E-state index contributed by atoms with van der Waals surface area (Å²) in [6, 6.07) is 9.86. The third kappa shape index (κ3) is 3.83. The first-order chi connectivity index (χ1) is 13.5. The monoisotopic (exact) mass is 409 g/mol. The molecule has 142 valence electrons. The van der Waals surface area contributed by atoms with E-state index in [0.717, 1.165) is 27.9 Å². The molecule has 8 heteroatoms. The van der Waals surface area contributed by atoms with Crippen LogP contribution in [0, 0.1) is 5.92 Å². The summed E-state index contributed by atoms with van der Waals surface area (Å²) >= 11 is 2.81. The average molecular weight is 410 g/mol. The van der Waals surface area contributed by atoms with Gasteiger partial charge in [0.2, 0.25) is 5.13 Å². The summed E-state index contributed by atoms with van der Waals surface area (Å²) in [5, 5.41) is 11.5. The maximum Gasteiger partial charge on any atom is 0.266 e. The van der Waals surface area contributed by atoms with E-state index < -0.39 is 0 Å². The van der Waals surface area contributed by atoms with Crippen LogP contribution in [0.2, 0.25) is 0 Å². The van der Waals surface area contributed by atoms with Gasteiger partial charge in [0.1, 0.15) is 5.01 Å². The molecule has 0 spiro atoms. The van der Waals surface area contributed by atoms with Gasteiger partial charge >= 0.3 is 0 Å². The van der Waals surface area contributed by atoms with Crippen LogP contribution in [0.5, 0.6) is 0 Å². The van der Waals surface area contributed by atoms with Crippen molar-refractivity contribution in [3.8, 4) is 0 Å². The number of nitrogens with zero attached hydrogens (tertiary/aromatic N) is 5. The van der Waals surface area contributed by atoms with Crippen LogP contribution in [0.4, 0.5) is 5.13 Å². The lowest BCUT2D eigenvalue weighted by molar-refractivity contribution is -0.121. The van der Waals surface area contributed by atoms with Gasteiger partial charge in [-0.15, -0.1) is 10.2 Å². The molecule has 0 unspecified atom stereocenters. The van der Waals surface area contributed by atoms with Gasteiger partial charge in [-0.3, -0.25) is 14.7 Å². The Morgan fingerprint density at radius 3 is 2.86 bits per heavy atom. The number of aliphatic imine (C=N–C) groups is 1. The minimum atomic E-state index is -0.0800. The van der Waals surface area contributed by atoms with E-state index in [4.69, 9.17) is 0 Å². The number of aromatic nitrogens is 3. The van der Waals surface area contributed by atoms with Gasteiger partial charge in [0.15, 0.2) is 5.17 Å². The Hall–Kier alpha value is -2.58. The quantitative estimate of drug-likeness (QED) is 0.593. The summed E-state index contributed by atoms with van der Waals surface area (Å²) in [4.78, 5) is 23.9. The zero-order valence-corrected chi connectivity index (χ0v) is 17.4. The summed E-state index contributed by atoms with van der Waals surface area (Å²) < 4.78 is 0. The Balaban J connectivity index is 1.63. The molecule has 1 saturated heterocycles. The molecule has 0 N–H and O–H groups in total. The molecule has 0 aliphatic carbocycles. The first-order valence-corrected chi connectivity index (χ1v) is 10.6. The number of hydrogen-bond donors (Lipinski definition) is 0. The van der Waals surface area contributed by atoms with Crippen LogP contribution in [0.15, 0.2) is 46.4 Å². The fourth-order valence-electron chi connectivity index (χ4n) is 2.84. The fraction of sp³-hybridized carbons (Fsp3) is 0.250. The maximum absolute atomic E-state index is 12.7. The Bertz CT molecular complexity index is 1100. The maximum atomic E-state index is 12.7. The third-order valence-electron chi connectivity index (χ3n) is 4.18. The number of benzene rings is 1. The topological polar surface area (TPSA) is 71.3 Å². The predicted molar refractivity (Wildman–Crippen MR) is 116 cm³/mol. The molecule has 0 radical (unpaired) electrons. The highest BCUT2D eigenvalue weighted by Crippen LogP contribution is 2.34. The minimum absolute atomic E-state index is 0.0800. The van der Waals surface area contributed by atoms with Crippen molar-refractivity contribution in [3.63, 3.8) is 0 Å². The molecule has 1 aliphatic rings. The minimum Gasteiger partial charge on any atom is -0.289 e. The number of carbonyl (C=O) groups is 1. The van der Waals surface area contributed by atoms with Gasteiger partial charge in [0.05, 0.1) is 10.4 Å². The highest BCUT2D eigenvalue weighted by Gasteiger charge is 2.31. The van der Waals surface area contributed by atoms with Crippen LogP contribution in [-0.2, 0) is 11.2 Å². The molecule has 0 atom stereocenters. The Labute approximate surface area is 171 Å². The van der Waals surface area contributed by atoms with Crippen molar-refractivity contribution in [2.24, 2.45) is 10.9 Å². The number of likely N-dealkylation sites (N-methyl/N-ethyl adjacent to an activating group) is 1. The zero-order chi connectivity index (χ0) is 19.7. The predicted octanol–water partition coefficient (Wildman–Crippen LogP) is 4.52. The molecule has 2 aromatic heterocycles. The first-order valence-electron chi connectivity index (χ1n) is 8.93. The van der Waals surface area contributed by atoms with Crippen LogP contribution >= 0.6 is 23.1 Å². The van der Waals surface area contributed by atoms with Gasteiger partial charge in [-0.25, -0.2) is 0 Å². The number of amidine groups is 1. The van der Waals surface area contributed by atoms with Crippen molar-refractivity contribution in [1.82, 2.24) is 20.1 Å². The van der Waals surface area contributed by atoms with E-state index in [9.17, 15) is 4.79 Å². The summed E-state index contributed by atoms with van der Waals surface area (Å²) in [5.41, 5.74) is 1.79. The lowest BCUT2D eigenvalue weighted by Crippen LogP contribution is -2.23. The summed E-state index contributed by atoms with van der Waals surface area (Å²) in [6.45, 7) is 4.29. The van der Waals surface area contributed by atoms with Crippen molar-refractivity contribution in [1.29, 1.82) is 0 Å². The molecule has 1 aromatic carbocycles. The van der Waals surface area contributed by atoms with Crippen molar-refractivity contribution in [2.45, 2.75) is 20.3 Å². The number of rotatable bonds is 4. The summed E-state index contributed by atoms with van der Waals surface area (Å²) in [6.07, 6.45) is 4.52. The fourth-order valence-corrected chi connectivity index (χ4v) is 4.78. The summed E-state index contributed by atoms with van der Waals surface area (Å²) in [7, 11) is 1.73. The van der Waals surface area contributed by atoms with Gasteiger partial charge in [-0.1, -0.05) is 49.4 Å². The second kappa shape index (κ2) is 7.81. The number of carbonyl (C=O) groups excluding carboxylic acids is 1. The van der Waals surface area contributed by atoms with E-state index in [1.807, 2.05) is 36.4 Å². The number of para-hydroxylation sites is 1. The molecule has 28 heavy (non-hydrogen) atoms.